The van der Waals surface area contributed by atoms with E-state index in [1.54, 1.807) is 0 Å². The van der Waals surface area contributed by atoms with E-state index < -0.39 is 12.4 Å². The quantitative estimate of drug-likeness (QED) is 0.787. The second-order valence-electron chi connectivity index (χ2n) is 3.22. The van der Waals surface area contributed by atoms with Crippen molar-refractivity contribution in [1.29, 1.82) is 0 Å². The molecule has 3 nitrogen and oxygen atoms in total. The normalized spacial score (nSPS) is 10.4. The van der Waals surface area contributed by atoms with Crippen molar-refractivity contribution in [3.05, 3.63) is 34.9 Å². The van der Waals surface area contributed by atoms with Crippen LogP contribution in [0.25, 0.3) is 0 Å². The number of hydrogen-bond acceptors (Lipinski definition) is 2. The highest BCUT2D eigenvalue weighted by Crippen LogP contribution is 2.24. The van der Waals surface area contributed by atoms with Gasteiger partial charge in [0.1, 0.15) is 6.29 Å². The van der Waals surface area contributed by atoms with Gasteiger partial charge in [0.15, 0.2) is 0 Å². The van der Waals surface area contributed by atoms with Gasteiger partial charge in [-0.15, -0.1) is 0 Å². The van der Waals surface area contributed by atoms with E-state index in [1.165, 1.54) is 6.07 Å². The lowest BCUT2D eigenvalue weighted by Gasteiger charge is -2.08. The largest absolute Gasteiger partial charge is 0.478 e. The summed E-state index contributed by atoms with van der Waals surface area (Å²) in [6.45, 7) is 0. The summed E-state index contributed by atoms with van der Waals surface area (Å²) in [4.78, 5) is 20.8. The van der Waals surface area contributed by atoms with Crippen molar-refractivity contribution in [3.63, 3.8) is 0 Å². The van der Waals surface area contributed by atoms with E-state index in [0.29, 0.717) is 6.29 Å². The zero-order chi connectivity index (χ0) is 12.1. The van der Waals surface area contributed by atoms with Crippen LogP contribution in [0.2, 0.25) is 0 Å². The molecule has 0 bridgehead atoms. The number of aldehydes is 1. The summed E-state index contributed by atoms with van der Waals surface area (Å²) in [5.74, 6) is -1.17. The molecule has 16 heavy (non-hydrogen) atoms. The number of carboxylic acid groups (broad SMARTS) is 1. The molecule has 0 aliphatic rings. The predicted molar refractivity (Wildman–Crippen MR) is 52.7 cm³/mol. The Labute approximate surface area is 90.7 Å². The number of halogens is 2. The van der Waals surface area contributed by atoms with Crippen LogP contribution in [-0.4, -0.2) is 17.4 Å². The first-order chi connectivity index (χ1) is 7.56. The number of carbonyl (C=O) groups is 2. The fraction of sp³-hybridized carbons (Fsp3) is 0.273. The summed E-state index contributed by atoms with van der Waals surface area (Å²) in [6, 6.07) is 3.41. The molecule has 1 aromatic carbocycles. The van der Waals surface area contributed by atoms with Gasteiger partial charge in [0.25, 0.3) is 6.43 Å². The van der Waals surface area contributed by atoms with Gasteiger partial charge >= 0.3 is 5.97 Å². The van der Waals surface area contributed by atoms with Crippen LogP contribution in [0.4, 0.5) is 8.78 Å². The summed E-state index contributed by atoms with van der Waals surface area (Å²) in [5, 5.41) is 8.71. The first kappa shape index (κ1) is 12.3. The van der Waals surface area contributed by atoms with Crippen LogP contribution in [-0.2, 0) is 11.2 Å². The van der Waals surface area contributed by atoms with Crippen molar-refractivity contribution in [2.45, 2.75) is 19.3 Å². The molecule has 0 aliphatic heterocycles. The molecule has 0 fully saturated rings. The van der Waals surface area contributed by atoms with Gasteiger partial charge in [-0.2, -0.15) is 0 Å². The zero-order valence-electron chi connectivity index (χ0n) is 8.32. The van der Waals surface area contributed by atoms with Crippen LogP contribution < -0.4 is 0 Å². The summed E-state index contributed by atoms with van der Waals surface area (Å²) < 4.78 is 25.1. The van der Waals surface area contributed by atoms with Crippen molar-refractivity contribution in [3.8, 4) is 0 Å². The van der Waals surface area contributed by atoms with Crippen molar-refractivity contribution in [2.75, 3.05) is 0 Å². The first-order valence-corrected chi connectivity index (χ1v) is 4.64. The highest BCUT2D eigenvalue weighted by atomic mass is 19.3. The minimum absolute atomic E-state index is 0.0506. The molecule has 0 saturated carbocycles. The van der Waals surface area contributed by atoms with Crippen LogP contribution >= 0.6 is 0 Å². The number of hydrogen-bond donors (Lipinski definition) is 1. The van der Waals surface area contributed by atoms with Gasteiger partial charge in [-0.1, -0.05) is 6.07 Å². The maximum atomic E-state index is 12.6. The molecule has 0 aliphatic carbocycles. The van der Waals surface area contributed by atoms with Crippen molar-refractivity contribution >= 4 is 12.3 Å². The van der Waals surface area contributed by atoms with E-state index in [9.17, 15) is 18.4 Å². The number of carbonyl (C=O) groups excluding carboxylic acids is 1. The number of rotatable bonds is 5. The highest BCUT2D eigenvalue weighted by molar-refractivity contribution is 5.87. The van der Waals surface area contributed by atoms with E-state index in [-0.39, 0.29) is 29.5 Å². The van der Waals surface area contributed by atoms with Gasteiger partial charge in [0.05, 0.1) is 5.56 Å². The van der Waals surface area contributed by atoms with E-state index in [0.717, 1.165) is 12.1 Å². The van der Waals surface area contributed by atoms with Gasteiger partial charge in [0.2, 0.25) is 0 Å². The molecule has 1 N–H and O–H groups in total. The van der Waals surface area contributed by atoms with Crippen molar-refractivity contribution < 1.29 is 23.5 Å². The summed E-state index contributed by atoms with van der Waals surface area (Å²) in [6.07, 6.45) is -1.82. The lowest BCUT2D eigenvalue weighted by atomic mass is 10.0. The third kappa shape index (κ3) is 2.85. The average Bonchev–Trinajstić information content (AvgIpc) is 2.25. The molecular formula is C11H10F2O3. The molecule has 0 atom stereocenters. The number of aromatic carboxylic acids is 1. The molecule has 0 saturated heterocycles. The zero-order valence-corrected chi connectivity index (χ0v) is 8.32. The SMILES string of the molecule is O=CCCc1cc(C(=O)O)ccc1C(F)F. The number of benzene rings is 1. The Hall–Kier alpha value is -1.78. The Kier molecular flexibility index (Phi) is 4.10. The molecule has 0 radical (unpaired) electrons. The summed E-state index contributed by atoms with van der Waals surface area (Å²) >= 11 is 0. The topological polar surface area (TPSA) is 54.4 Å². The molecule has 5 heteroatoms. The van der Waals surface area contributed by atoms with Gasteiger partial charge in [-0.05, 0) is 24.1 Å². The van der Waals surface area contributed by atoms with Crippen LogP contribution in [0.1, 0.15) is 34.3 Å². The Bertz CT molecular complexity index is 402. The van der Waals surface area contributed by atoms with E-state index in [4.69, 9.17) is 5.11 Å². The van der Waals surface area contributed by atoms with Crippen LogP contribution in [0.5, 0.6) is 0 Å². The molecule has 0 unspecified atom stereocenters. The minimum atomic E-state index is -2.66. The first-order valence-electron chi connectivity index (χ1n) is 4.64. The van der Waals surface area contributed by atoms with E-state index >= 15 is 0 Å². The Morgan fingerprint density at radius 2 is 2.12 bits per heavy atom. The summed E-state index contributed by atoms with van der Waals surface area (Å²) in [5.41, 5.74) is -0.0563. The maximum Gasteiger partial charge on any atom is 0.335 e. The fourth-order valence-electron chi connectivity index (χ4n) is 1.38. The lowest BCUT2D eigenvalue weighted by molar-refractivity contribution is -0.107. The Balaban J connectivity index is 3.10. The average molecular weight is 228 g/mol. The molecule has 0 spiro atoms. The molecule has 0 aromatic heterocycles. The number of carboxylic acids is 1. The minimum Gasteiger partial charge on any atom is -0.478 e. The van der Waals surface area contributed by atoms with E-state index in [2.05, 4.69) is 0 Å². The van der Waals surface area contributed by atoms with Gasteiger partial charge in [-0.3, -0.25) is 0 Å². The second kappa shape index (κ2) is 5.34. The Morgan fingerprint density at radius 3 is 2.62 bits per heavy atom. The monoisotopic (exact) mass is 228 g/mol. The molecule has 1 rings (SSSR count). The Morgan fingerprint density at radius 1 is 1.44 bits per heavy atom. The van der Waals surface area contributed by atoms with Crippen LogP contribution in [0.15, 0.2) is 18.2 Å². The smallest absolute Gasteiger partial charge is 0.335 e. The molecule has 0 heterocycles. The highest BCUT2D eigenvalue weighted by Gasteiger charge is 2.14. The summed E-state index contributed by atoms with van der Waals surface area (Å²) in [7, 11) is 0. The lowest BCUT2D eigenvalue weighted by Crippen LogP contribution is -2.02. The van der Waals surface area contributed by atoms with Crippen molar-refractivity contribution in [2.24, 2.45) is 0 Å². The van der Waals surface area contributed by atoms with E-state index in [1.807, 2.05) is 0 Å². The van der Waals surface area contributed by atoms with Crippen LogP contribution in [0.3, 0.4) is 0 Å². The molecule has 86 valence electrons. The van der Waals surface area contributed by atoms with Gasteiger partial charge < -0.3 is 9.90 Å². The molecule has 0 amide bonds. The number of alkyl halides is 2. The predicted octanol–water partition coefficient (Wildman–Crippen LogP) is 2.45. The standard InChI is InChI=1S/C11H10F2O3/c12-10(13)9-4-3-8(11(15)16)6-7(9)2-1-5-14/h3-6,10H,1-2H2,(H,15,16). The van der Waals surface area contributed by atoms with Crippen LogP contribution in [0, 0.1) is 0 Å². The van der Waals surface area contributed by atoms with Gasteiger partial charge in [0, 0.05) is 12.0 Å². The molecular weight excluding hydrogens is 218 g/mol. The second-order valence-corrected chi connectivity index (χ2v) is 3.22. The maximum absolute atomic E-state index is 12.6. The fourth-order valence-corrected chi connectivity index (χ4v) is 1.38. The third-order valence-corrected chi connectivity index (χ3v) is 2.16. The third-order valence-electron chi connectivity index (χ3n) is 2.16. The molecule has 1 aromatic rings. The van der Waals surface area contributed by atoms with Gasteiger partial charge in [-0.25, -0.2) is 13.6 Å². The van der Waals surface area contributed by atoms with Crippen molar-refractivity contribution in [1.82, 2.24) is 0 Å². The number of aryl methyl sites for hydroxylation is 1.